The molecule has 1 unspecified atom stereocenters. The van der Waals surface area contributed by atoms with Gasteiger partial charge in [-0.2, -0.15) is 0 Å². The summed E-state index contributed by atoms with van der Waals surface area (Å²) in [5, 5.41) is 3.44. The van der Waals surface area contributed by atoms with Gasteiger partial charge in [0.25, 0.3) is 0 Å². The van der Waals surface area contributed by atoms with Gasteiger partial charge in [0.15, 0.2) is 0 Å². The van der Waals surface area contributed by atoms with E-state index in [1.54, 1.807) is 0 Å². The average molecular weight is 290 g/mol. The van der Waals surface area contributed by atoms with E-state index in [0.29, 0.717) is 6.10 Å². The van der Waals surface area contributed by atoms with Crippen molar-refractivity contribution in [2.75, 3.05) is 19.6 Å². The van der Waals surface area contributed by atoms with Crippen LogP contribution in [0.3, 0.4) is 0 Å². The minimum Gasteiger partial charge on any atom is -0.370 e. The summed E-state index contributed by atoms with van der Waals surface area (Å²) in [6.45, 7) is 13.8. The molecular weight excluding hydrogens is 260 g/mol. The van der Waals surface area contributed by atoms with Gasteiger partial charge in [-0.15, -0.1) is 0 Å². The van der Waals surface area contributed by atoms with Gasteiger partial charge in [-0.05, 0) is 44.9 Å². The first-order valence-corrected chi connectivity index (χ1v) is 8.17. The zero-order chi connectivity index (χ0) is 15.3. The summed E-state index contributed by atoms with van der Waals surface area (Å²) in [5.74, 6) is 0. The minimum atomic E-state index is -0.0400. The molecule has 21 heavy (non-hydrogen) atoms. The molecular formula is C18H30N2O. The van der Waals surface area contributed by atoms with E-state index in [4.69, 9.17) is 4.74 Å². The van der Waals surface area contributed by atoms with E-state index in [9.17, 15) is 0 Å². The predicted molar refractivity (Wildman–Crippen MR) is 88.3 cm³/mol. The quantitative estimate of drug-likeness (QED) is 0.814. The third-order valence-electron chi connectivity index (χ3n) is 3.82. The molecule has 1 saturated heterocycles. The molecule has 1 N–H and O–H groups in total. The Balaban J connectivity index is 1.88. The fourth-order valence-electron chi connectivity index (χ4n) is 3.14. The molecule has 3 nitrogen and oxygen atoms in total. The predicted octanol–water partition coefficient (Wildman–Crippen LogP) is 3.19. The summed E-state index contributed by atoms with van der Waals surface area (Å²) in [6.07, 6.45) is 1.49. The molecule has 1 aromatic rings. The van der Waals surface area contributed by atoms with Crippen molar-refractivity contribution in [3.63, 3.8) is 0 Å². The molecule has 0 amide bonds. The van der Waals surface area contributed by atoms with Crippen LogP contribution in [0.2, 0.25) is 0 Å². The van der Waals surface area contributed by atoms with E-state index in [2.05, 4.69) is 62.2 Å². The number of rotatable bonds is 6. The molecule has 1 aromatic carbocycles. The molecule has 0 spiro atoms. The van der Waals surface area contributed by atoms with Crippen molar-refractivity contribution in [2.24, 2.45) is 0 Å². The maximum Gasteiger partial charge on any atom is 0.0757 e. The lowest BCUT2D eigenvalue weighted by atomic mass is 10.0. The van der Waals surface area contributed by atoms with E-state index in [1.165, 1.54) is 17.5 Å². The molecule has 2 rings (SSSR count). The van der Waals surface area contributed by atoms with Gasteiger partial charge in [0.1, 0.15) is 0 Å². The van der Waals surface area contributed by atoms with Crippen LogP contribution in [0.5, 0.6) is 0 Å². The van der Waals surface area contributed by atoms with E-state index in [0.717, 1.165) is 32.7 Å². The molecule has 0 aliphatic carbocycles. The Bertz CT molecular complexity index is 427. The Labute approximate surface area is 129 Å². The molecule has 1 atom stereocenters. The number of hydrogen-bond acceptors (Lipinski definition) is 3. The lowest BCUT2D eigenvalue weighted by Crippen LogP contribution is -2.51. The van der Waals surface area contributed by atoms with E-state index in [-0.39, 0.29) is 5.60 Å². The Morgan fingerprint density at radius 1 is 1.24 bits per heavy atom. The lowest BCUT2D eigenvalue weighted by Gasteiger charge is -2.41. The van der Waals surface area contributed by atoms with E-state index < -0.39 is 0 Å². The molecule has 1 aliphatic heterocycles. The van der Waals surface area contributed by atoms with Crippen LogP contribution in [0.4, 0.5) is 0 Å². The van der Waals surface area contributed by atoms with E-state index >= 15 is 0 Å². The number of nitrogens with one attached hydrogen (secondary N) is 1. The first-order chi connectivity index (χ1) is 9.98. The second-order valence-electron chi connectivity index (χ2n) is 6.85. The van der Waals surface area contributed by atoms with Crippen molar-refractivity contribution in [2.45, 2.75) is 58.9 Å². The standard InChI is InChI=1S/C18H30N2O/c1-5-10-19-11-16-6-8-17(9-7-16)13-20-12-15(2)21-18(3,4)14-20/h6-9,15,19H,5,10-14H2,1-4H3. The molecule has 3 heteroatoms. The van der Waals surface area contributed by atoms with Gasteiger partial charge in [-0.1, -0.05) is 31.2 Å². The summed E-state index contributed by atoms with van der Waals surface area (Å²) in [6, 6.07) is 9.01. The summed E-state index contributed by atoms with van der Waals surface area (Å²) in [5.41, 5.74) is 2.71. The van der Waals surface area contributed by atoms with Crippen LogP contribution >= 0.6 is 0 Å². The minimum absolute atomic E-state index is 0.0400. The van der Waals surface area contributed by atoms with E-state index in [1.807, 2.05) is 0 Å². The van der Waals surface area contributed by atoms with Crippen molar-refractivity contribution in [3.05, 3.63) is 35.4 Å². The molecule has 1 aliphatic rings. The second-order valence-corrected chi connectivity index (χ2v) is 6.85. The molecule has 1 fully saturated rings. The molecule has 0 saturated carbocycles. The van der Waals surface area contributed by atoms with Crippen LogP contribution in [-0.2, 0) is 17.8 Å². The maximum atomic E-state index is 5.97. The van der Waals surface area contributed by atoms with Gasteiger partial charge in [-0.3, -0.25) is 4.90 Å². The maximum absolute atomic E-state index is 5.97. The van der Waals surface area contributed by atoms with Crippen LogP contribution in [0.1, 0.15) is 45.2 Å². The van der Waals surface area contributed by atoms with Gasteiger partial charge < -0.3 is 10.1 Å². The monoisotopic (exact) mass is 290 g/mol. The highest BCUT2D eigenvalue weighted by molar-refractivity contribution is 5.22. The van der Waals surface area contributed by atoms with Gasteiger partial charge in [0, 0.05) is 26.2 Å². The van der Waals surface area contributed by atoms with Crippen LogP contribution in [0, 0.1) is 0 Å². The Kier molecular flexibility index (Phi) is 5.80. The zero-order valence-corrected chi connectivity index (χ0v) is 14.0. The highest BCUT2D eigenvalue weighted by Gasteiger charge is 2.30. The second kappa shape index (κ2) is 7.39. The Hall–Kier alpha value is -0.900. The van der Waals surface area contributed by atoms with Crippen LogP contribution in [-0.4, -0.2) is 36.2 Å². The first kappa shape index (κ1) is 16.5. The van der Waals surface area contributed by atoms with Gasteiger partial charge in [0.2, 0.25) is 0 Å². The first-order valence-electron chi connectivity index (χ1n) is 8.17. The molecule has 118 valence electrons. The van der Waals surface area contributed by atoms with Crippen LogP contribution in [0.25, 0.3) is 0 Å². The van der Waals surface area contributed by atoms with Gasteiger partial charge >= 0.3 is 0 Å². The molecule has 0 radical (unpaired) electrons. The fraction of sp³-hybridized carbons (Fsp3) is 0.667. The summed E-state index contributed by atoms with van der Waals surface area (Å²) in [7, 11) is 0. The molecule has 1 heterocycles. The van der Waals surface area contributed by atoms with Crippen molar-refractivity contribution >= 4 is 0 Å². The highest BCUT2D eigenvalue weighted by Crippen LogP contribution is 2.22. The summed E-state index contributed by atoms with van der Waals surface area (Å²) in [4.78, 5) is 2.50. The smallest absolute Gasteiger partial charge is 0.0757 e. The van der Waals surface area contributed by atoms with Gasteiger partial charge in [0.05, 0.1) is 11.7 Å². The number of morpholine rings is 1. The van der Waals surface area contributed by atoms with Crippen molar-refractivity contribution in [3.8, 4) is 0 Å². The highest BCUT2D eigenvalue weighted by atomic mass is 16.5. The number of benzene rings is 1. The normalized spacial score (nSPS) is 22.4. The van der Waals surface area contributed by atoms with Crippen molar-refractivity contribution in [1.82, 2.24) is 10.2 Å². The zero-order valence-electron chi connectivity index (χ0n) is 14.0. The SMILES string of the molecule is CCCNCc1ccc(CN2CC(C)OC(C)(C)C2)cc1. The molecule has 0 bridgehead atoms. The van der Waals surface area contributed by atoms with Crippen LogP contribution < -0.4 is 5.32 Å². The summed E-state index contributed by atoms with van der Waals surface area (Å²) < 4.78 is 5.97. The third kappa shape index (κ3) is 5.42. The third-order valence-corrected chi connectivity index (χ3v) is 3.82. The number of hydrogen-bond donors (Lipinski definition) is 1. The van der Waals surface area contributed by atoms with Gasteiger partial charge in [-0.25, -0.2) is 0 Å². The molecule has 0 aromatic heterocycles. The van der Waals surface area contributed by atoms with Crippen molar-refractivity contribution < 1.29 is 4.74 Å². The Morgan fingerprint density at radius 2 is 1.90 bits per heavy atom. The van der Waals surface area contributed by atoms with Crippen LogP contribution in [0.15, 0.2) is 24.3 Å². The summed E-state index contributed by atoms with van der Waals surface area (Å²) >= 11 is 0. The fourth-order valence-corrected chi connectivity index (χ4v) is 3.14. The van der Waals surface area contributed by atoms with Crippen molar-refractivity contribution in [1.29, 1.82) is 0 Å². The number of nitrogens with zero attached hydrogens (tertiary/aromatic N) is 1. The average Bonchev–Trinajstić information content (AvgIpc) is 2.38. The topological polar surface area (TPSA) is 24.5 Å². The largest absolute Gasteiger partial charge is 0.370 e. The lowest BCUT2D eigenvalue weighted by molar-refractivity contribution is -0.130. The number of ether oxygens (including phenoxy) is 1. The Morgan fingerprint density at radius 3 is 2.52 bits per heavy atom.